The van der Waals surface area contributed by atoms with E-state index in [0.29, 0.717) is 0 Å². The van der Waals surface area contributed by atoms with Gasteiger partial charge in [-0.2, -0.15) is 0 Å². The Hall–Kier alpha value is -1.86. The fourth-order valence-corrected chi connectivity index (χ4v) is 2.39. The minimum Gasteiger partial charge on any atom is -0.313 e. The van der Waals surface area contributed by atoms with E-state index < -0.39 is 0 Å². The molecule has 0 spiro atoms. The van der Waals surface area contributed by atoms with Crippen LogP contribution in [0.4, 0.5) is 0 Å². The topological polar surface area (TPSA) is 12.0 Å². The lowest BCUT2D eigenvalue weighted by Crippen LogP contribution is -2.19. The molecule has 1 aliphatic rings. The summed E-state index contributed by atoms with van der Waals surface area (Å²) in [6.07, 6.45) is 3.42. The lowest BCUT2D eigenvalue weighted by Gasteiger charge is -2.14. The molecule has 18 heavy (non-hydrogen) atoms. The van der Waals surface area contributed by atoms with Gasteiger partial charge in [0.2, 0.25) is 0 Å². The van der Waals surface area contributed by atoms with Crippen LogP contribution < -0.4 is 5.32 Å². The summed E-state index contributed by atoms with van der Waals surface area (Å²) in [7, 11) is 0. The highest BCUT2D eigenvalue weighted by molar-refractivity contribution is 5.71. The minimum absolute atomic E-state index is 0.996. The summed E-state index contributed by atoms with van der Waals surface area (Å²) in [4.78, 5) is 0. The first-order valence-electron chi connectivity index (χ1n) is 6.49. The highest BCUT2D eigenvalue weighted by Gasteiger charge is 2.05. The van der Waals surface area contributed by atoms with E-state index in [0.717, 1.165) is 19.5 Å². The molecule has 0 saturated carbocycles. The van der Waals surface area contributed by atoms with Gasteiger partial charge in [0.1, 0.15) is 0 Å². The predicted octanol–water partition coefficient (Wildman–Crippen LogP) is 3.73. The summed E-state index contributed by atoms with van der Waals surface area (Å²) < 4.78 is 0. The summed E-state index contributed by atoms with van der Waals surface area (Å²) in [5.74, 6) is 0. The number of benzene rings is 2. The maximum absolute atomic E-state index is 3.35. The van der Waals surface area contributed by atoms with Crippen molar-refractivity contribution in [1.82, 2.24) is 5.32 Å². The first kappa shape index (κ1) is 11.2. The first-order valence-corrected chi connectivity index (χ1v) is 6.49. The molecule has 1 heteroatoms. The normalized spacial score (nSPS) is 15.2. The van der Waals surface area contributed by atoms with E-state index in [4.69, 9.17) is 0 Å². The van der Waals surface area contributed by atoms with Gasteiger partial charge in [0.25, 0.3) is 0 Å². The van der Waals surface area contributed by atoms with Gasteiger partial charge in [0.05, 0.1) is 0 Å². The SMILES string of the molecule is C1=C(c2ccc(-c3ccccc3)cc2)CCNC1. The third kappa shape index (κ3) is 2.36. The molecular weight excluding hydrogens is 218 g/mol. The van der Waals surface area contributed by atoms with Gasteiger partial charge in [-0.3, -0.25) is 0 Å². The number of nitrogens with one attached hydrogen (secondary N) is 1. The Balaban J connectivity index is 1.87. The molecule has 3 rings (SSSR count). The van der Waals surface area contributed by atoms with E-state index in [1.165, 1.54) is 22.3 Å². The molecule has 0 bridgehead atoms. The Morgan fingerprint density at radius 2 is 1.39 bits per heavy atom. The van der Waals surface area contributed by atoms with Crippen LogP contribution in [-0.4, -0.2) is 13.1 Å². The maximum Gasteiger partial charge on any atom is 0.0140 e. The Labute approximate surface area is 108 Å². The maximum atomic E-state index is 3.35. The number of hydrogen-bond acceptors (Lipinski definition) is 1. The second-order valence-corrected chi connectivity index (χ2v) is 4.63. The molecule has 0 amide bonds. The van der Waals surface area contributed by atoms with Crippen LogP contribution in [-0.2, 0) is 0 Å². The smallest absolute Gasteiger partial charge is 0.0140 e. The predicted molar refractivity (Wildman–Crippen MR) is 77.3 cm³/mol. The van der Waals surface area contributed by atoms with Crippen LogP contribution in [0, 0.1) is 0 Å². The summed E-state index contributed by atoms with van der Waals surface area (Å²) in [5.41, 5.74) is 5.39. The van der Waals surface area contributed by atoms with Crippen molar-refractivity contribution in [3.05, 3.63) is 66.2 Å². The lowest BCUT2D eigenvalue weighted by atomic mass is 9.97. The number of hydrogen-bond donors (Lipinski definition) is 1. The molecule has 2 aromatic rings. The molecule has 90 valence electrons. The van der Waals surface area contributed by atoms with E-state index in [2.05, 4.69) is 66.0 Å². The van der Waals surface area contributed by atoms with Crippen LogP contribution in [0.15, 0.2) is 60.7 Å². The molecule has 0 unspecified atom stereocenters. The van der Waals surface area contributed by atoms with Crippen molar-refractivity contribution in [2.24, 2.45) is 0 Å². The van der Waals surface area contributed by atoms with Gasteiger partial charge in [-0.15, -0.1) is 0 Å². The van der Waals surface area contributed by atoms with Crippen molar-refractivity contribution in [2.75, 3.05) is 13.1 Å². The first-order chi connectivity index (χ1) is 8.93. The van der Waals surface area contributed by atoms with Crippen LogP contribution >= 0.6 is 0 Å². The molecule has 1 N–H and O–H groups in total. The van der Waals surface area contributed by atoms with Crippen LogP contribution in [0.3, 0.4) is 0 Å². The van der Waals surface area contributed by atoms with Gasteiger partial charge in [-0.25, -0.2) is 0 Å². The highest BCUT2D eigenvalue weighted by Crippen LogP contribution is 2.24. The molecule has 0 aromatic heterocycles. The molecular formula is C17H17N. The minimum atomic E-state index is 0.996. The van der Waals surface area contributed by atoms with Gasteiger partial charge < -0.3 is 5.32 Å². The second kappa shape index (κ2) is 5.19. The van der Waals surface area contributed by atoms with Crippen molar-refractivity contribution in [3.8, 4) is 11.1 Å². The van der Waals surface area contributed by atoms with E-state index >= 15 is 0 Å². The molecule has 0 fully saturated rings. The molecule has 1 heterocycles. The van der Waals surface area contributed by atoms with Crippen LogP contribution in [0.1, 0.15) is 12.0 Å². The van der Waals surface area contributed by atoms with Gasteiger partial charge in [-0.1, -0.05) is 60.7 Å². The Morgan fingerprint density at radius 3 is 2.06 bits per heavy atom. The molecule has 1 aliphatic heterocycles. The Morgan fingerprint density at radius 1 is 0.722 bits per heavy atom. The lowest BCUT2D eigenvalue weighted by molar-refractivity contribution is 0.738. The zero-order chi connectivity index (χ0) is 12.2. The largest absolute Gasteiger partial charge is 0.313 e. The zero-order valence-electron chi connectivity index (χ0n) is 10.4. The summed E-state index contributed by atoms with van der Waals surface area (Å²) >= 11 is 0. The summed E-state index contributed by atoms with van der Waals surface area (Å²) in [6, 6.07) is 19.4. The fraction of sp³-hybridized carbons (Fsp3) is 0.176. The zero-order valence-corrected chi connectivity index (χ0v) is 10.4. The summed E-state index contributed by atoms with van der Waals surface area (Å²) in [5, 5.41) is 3.35. The molecule has 0 atom stereocenters. The van der Waals surface area contributed by atoms with Crippen molar-refractivity contribution in [2.45, 2.75) is 6.42 Å². The van der Waals surface area contributed by atoms with E-state index in [-0.39, 0.29) is 0 Å². The van der Waals surface area contributed by atoms with Crippen molar-refractivity contribution < 1.29 is 0 Å². The van der Waals surface area contributed by atoms with Crippen molar-refractivity contribution in [1.29, 1.82) is 0 Å². The van der Waals surface area contributed by atoms with Crippen molar-refractivity contribution in [3.63, 3.8) is 0 Å². The highest BCUT2D eigenvalue weighted by atomic mass is 14.8. The molecule has 0 aliphatic carbocycles. The van der Waals surface area contributed by atoms with Gasteiger partial charge in [0, 0.05) is 6.54 Å². The van der Waals surface area contributed by atoms with Crippen LogP contribution in [0.5, 0.6) is 0 Å². The summed E-state index contributed by atoms with van der Waals surface area (Å²) in [6.45, 7) is 2.09. The van der Waals surface area contributed by atoms with Gasteiger partial charge in [0.15, 0.2) is 0 Å². The van der Waals surface area contributed by atoms with Crippen LogP contribution in [0.2, 0.25) is 0 Å². The Bertz CT molecular complexity index is 538. The quantitative estimate of drug-likeness (QED) is 0.836. The second-order valence-electron chi connectivity index (χ2n) is 4.63. The fourth-order valence-electron chi connectivity index (χ4n) is 2.39. The molecule has 0 saturated heterocycles. The third-order valence-corrected chi connectivity index (χ3v) is 3.43. The third-order valence-electron chi connectivity index (χ3n) is 3.43. The van der Waals surface area contributed by atoms with Crippen LogP contribution in [0.25, 0.3) is 16.7 Å². The average Bonchev–Trinajstić information content (AvgIpc) is 2.49. The molecule has 0 radical (unpaired) electrons. The van der Waals surface area contributed by atoms with Gasteiger partial charge in [-0.05, 0) is 35.2 Å². The Kier molecular flexibility index (Phi) is 3.24. The van der Waals surface area contributed by atoms with Gasteiger partial charge >= 0.3 is 0 Å². The van der Waals surface area contributed by atoms with E-state index in [1.54, 1.807) is 0 Å². The molecule has 1 nitrogen and oxygen atoms in total. The monoisotopic (exact) mass is 235 g/mol. The average molecular weight is 235 g/mol. The standard InChI is InChI=1S/C17H17N/c1-2-4-14(5-3-1)15-6-8-16(9-7-15)17-10-12-18-13-11-17/h1-10,18H,11-13H2. The van der Waals surface area contributed by atoms with E-state index in [9.17, 15) is 0 Å². The molecule has 2 aromatic carbocycles. The van der Waals surface area contributed by atoms with Crippen molar-refractivity contribution >= 4 is 5.57 Å². The van der Waals surface area contributed by atoms with E-state index in [1.807, 2.05) is 0 Å². The number of rotatable bonds is 2.